The van der Waals surface area contributed by atoms with Crippen molar-refractivity contribution in [2.45, 2.75) is 32.5 Å². The summed E-state index contributed by atoms with van der Waals surface area (Å²) in [5.74, 6) is 0.902. The van der Waals surface area contributed by atoms with Crippen molar-refractivity contribution in [1.29, 1.82) is 0 Å². The molecule has 2 rings (SSSR count). The smallest absolute Gasteiger partial charge is 0.339 e. The molecule has 20 heavy (non-hydrogen) atoms. The number of rotatable bonds is 4. The fraction of sp³-hybridized carbons (Fsp3) is 0.417. The fourth-order valence-electron chi connectivity index (χ4n) is 1.77. The van der Waals surface area contributed by atoms with Crippen LogP contribution in [0.5, 0.6) is 0 Å². The quantitative estimate of drug-likeness (QED) is 0.864. The van der Waals surface area contributed by atoms with Gasteiger partial charge in [0.05, 0.1) is 0 Å². The van der Waals surface area contributed by atoms with E-state index < -0.39 is 17.3 Å². The van der Waals surface area contributed by atoms with Crippen LogP contribution in [0.25, 0.3) is 0 Å². The summed E-state index contributed by atoms with van der Waals surface area (Å²) >= 11 is 0. The molecule has 5 nitrogen and oxygen atoms in total. The predicted molar refractivity (Wildman–Crippen MR) is 63.1 cm³/mol. The van der Waals surface area contributed by atoms with Gasteiger partial charge in [-0.25, -0.2) is 0 Å². The SMILES string of the molecule is Cc1noc(CCCn2cccc(C(F)(F)F)c2=O)n1. The van der Waals surface area contributed by atoms with Gasteiger partial charge in [-0.15, -0.1) is 0 Å². The number of halogens is 3. The summed E-state index contributed by atoms with van der Waals surface area (Å²) in [4.78, 5) is 15.6. The van der Waals surface area contributed by atoms with Crippen molar-refractivity contribution in [2.24, 2.45) is 0 Å². The summed E-state index contributed by atoms with van der Waals surface area (Å²) in [6.07, 6.45) is -2.47. The standard InChI is InChI=1S/C12H12F3N3O2/c1-8-16-10(20-17-8)5-3-7-18-6-2-4-9(11(18)19)12(13,14)15/h2,4,6H,3,5,7H2,1H3. The molecule has 0 saturated carbocycles. The zero-order valence-corrected chi connectivity index (χ0v) is 10.6. The number of hydrogen-bond donors (Lipinski definition) is 0. The lowest BCUT2D eigenvalue weighted by atomic mass is 10.2. The number of aryl methyl sites for hydroxylation is 3. The van der Waals surface area contributed by atoms with E-state index in [1.165, 1.54) is 12.3 Å². The monoisotopic (exact) mass is 287 g/mol. The average Bonchev–Trinajstić information content (AvgIpc) is 2.76. The van der Waals surface area contributed by atoms with E-state index >= 15 is 0 Å². The Bertz CT molecular complexity index is 646. The van der Waals surface area contributed by atoms with Gasteiger partial charge in [0.15, 0.2) is 5.82 Å². The van der Waals surface area contributed by atoms with Crippen LogP contribution in [0.4, 0.5) is 13.2 Å². The highest BCUT2D eigenvalue weighted by Gasteiger charge is 2.34. The minimum atomic E-state index is -4.64. The van der Waals surface area contributed by atoms with Crippen LogP contribution in [0.2, 0.25) is 0 Å². The van der Waals surface area contributed by atoms with Crippen LogP contribution in [-0.2, 0) is 19.1 Å². The second-order valence-corrected chi connectivity index (χ2v) is 4.26. The van der Waals surface area contributed by atoms with Crippen molar-refractivity contribution >= 4 is 0 Å². The number of nitrogens with zero attached hydrogens (tertiary/aromatic N) is 3. The molecule has 108 valence electrons. The first-order valence-corrected chi connectivity index (χ1v) is 5.94. The topological polar surface area (TPSA) is 60.9 Å². The third-order valence-electron chi connectivity index (χ3n) is 2.68. The average molecular weight is 287 g/mol. The molecule has 0 saturated heterocycles. The maximum absolute atomic E-state index is 12.6. The van der Waals surface area contributed by atoms with Gasteiger partial charge in [-0.1, -0.05) is 5.16 Å². The fourth-order valence-corrected chi connectivity index (χ4v) is 1.77. The Balaban J connectivity index is 2.05. The highest BCUT2D eigenvalue weighted by atomic mass is 19.4. The zero-order valence-electron chi connectivity index (χ0n) is 10.6. The van der Waals surface area contributed by atoms with Crippen LogP contribution in [-0.4, -0.2) is 14.7 Å². The van der Waals surface area contributed by atoms with Gasteiger partial charge in [0.25, 0.3) is 5.56 Å². The maximum Gasteiger partial charge on any atom is 0.421 e. The largest absolute Gasteiger partial charge is 0.421 e. The molecule has 2 aromatic heterocycles. The lowest BCUT2D eigenvalue weighted by Gasteiger charge is -2.09. The second-order valence-electron chi connectivity index (χ2n) is 4.26. The van der Waals surface area contributed by atoms with Crippen molar-refractivity contribution in [1.82, 2.24) is 14.7 Å². The summed E-state index contributed by atoms with van der Waals surface area (Å²) in [6, 6.07) is 1.99. The van der Waals surface area contributed by atoms with E-state index in [0.29, 0.717) is 24.6 Å². The molecule has 0 radical (unpaired) electrons. The molecule has 0 amide bonds. The molecule has 0 N–H and O–H groups in total. The molecule has 2 heterocycles. The summed E-state index contributed by atoms with van der Waals surface area (Å²) in [7, 11) is 0. The van der Waals surface area contributed by atoms with Gasteiger partial charge in [0.1, 0.15) is 5.56 Å². The summed E-state index contributed by atoms with van der Waals surface area (Å²) in [5.41, 5.74) is -2.20. The molecule has 8 heteroatoms. The van der Waals surface area contributed by atoms with E-state index in [4.69, 9.17) is 4.52 Å². The number of alkyl halides is 3. The zero-order chi connectivity index (χ0) is 14.8. The van der Waals surface area contributed by atoms with Gasteiger partial charge in [-0.3, -0.25) is 4.79 Å². The molecule has 0 atom stereocenters. The molecule has 0 spiro atoms. The summed E-state index contributed by atoms with van der Waals surface area (Å²) < 4.78 is 43.6. The van der Waals surface area contributed by atoms with Crippen LogP contribution in [0.3, 0.4) is 0 Å². The first-order valence-electron chi connectivity index (χ1n) is 5.94. The van der Waals surface area contributed by atoms with E-state index in [2.05, 4.69) is 10.1 Å². The van der Waals surface area contributed by atoms with Gasteiger partial charge in [0, 0.05) is 19.2 Å². The van der Waals surface area contributed by atoms with E-state index in [9.17, 15) is 18.0 Å². The third kappa shape index (κ3) is 3.25. The Morgan fingerprint density at radius 1 is 1.40 bits per heavy atom. The summed E-state index contributed by atoms with van der Waals surface area (Å²) in [6.45, 7) is 1.83. The van der Waals surface area contributed by atoms with Crippen molar-refractivity contribution in [3.05, 3.63) is 46.0 Å². The molecular formula is C12H12F3N3O2. The minimum Gasteiger partial charge on any atom is -0.339 e. The molecule has 0 aliphatic carbocycles. The predicted octanol–water partition coefficient (Wildman–Crippen LogP) is 2.19. The molecule has 0 aliphatic rings. The first-order chi connectivity index (χ1) is 9.38. The Kier molecular flexibility index (Phi) is 3.91. The van der Waals surface area contributed by atoms with Crippen LogP contribution in [0.1, 0.15) is 23.7 Å². The van der Waals surface area contributed by atoms with Gasteiger partial charge in [0.2, 0.25) is 5.89 Å². The molecule has 0 aromatic carbocycles. The highest BCUT2D eigenvalue weighted by molar-refractivity contribution is 5.13. The molecule has 0 fully saturated rings. The first kappa shape index (κ1) is 14.3. The molecule has 0 bridgehead atoms. The van der Waals surface area contributed by atoms with Gasteiger partial charge < -0.3 is 9.09 Å². The Morgan fingerprint density at radius 2 is 2.15 bits per heavy atom. The molecule has 0 unspecified atom stereocenters. The third-order valence-corrected chi connectivity index (χ3v) is 2.68. The van der Waals surface area contributed by atoms with E-state index in [1.54, 1.807) is 6.92 Å². The highest BCUT2D eigenvalue weighted by Crippen LogP contribution is 2.25. The van der Waals surface area contributed by atoms with Crippen molar-refractivity contribution in [2.75, 3.05) is 0 Å². The van der Waals surface area contributed by atoms with E-state index in [0.717, 1.165) is 10.6 Å². The van der Waals surface area contributed by atoms with E-state index in [-0.39, 0.29) is 6.54 Å². The van der Waals surface area contributed by atoms with Crippen molar-refractivity contribution in [3.63, 3.8) is 0 Å². The Morgan fingerprint density at radius 3 is 2.75 bits per heavy atom. The minimum absolute atomic E-state index is 0.157. The van der Waals surface area contributed by atoms with Crippen LogP contribution < -0.4 is 5.56 Å². The second kappa shape index (κ2) is 5.48. The number of aromatic nitrogens is 3. The van der Waals surface area contributed by atoms with Gasteiger partial charge in [-0.2, -0.15) is 18.2 Å². The Hall–Kier alpha value is -2.12. The van der Waals surface area contributed by atoms with Gasteiger partial charge >= 0.3 is 6.18 Å². The van der Waals surface area contributed by atoms with Gasteiger partial charge in [-0.05, 0) is 25.5 Å². The number of hydrogen-bond acceptors (Lipinski definition) is 4. The molecule has 0 aliphatic heterocycles. The maximum atomic E-state index is 12.6. The normalized spacial score (nSPS) is 11.8. The van der Waals surface area contributed by atoms with Crippen LogP contribution >= 0.6 is 0 Å². The molecular weight excluding hydrogens is 275 g/mol. The lowest BCUT2D eigenvalue weighted by Crippen LogP contribution is -2.28. The Labute approximate surface area is 112 Å². The van der Waals surface area contributed by atoms with E-state index in [1.807, 2.05) is 0 Å². The van der Waals surface area contributed by atoms with Crippen molar-refractivity contribution in [3.8, 4) is 0 Å². The number of pyridine rings is 1. The summed E-state index contributed by atoms with van der Waals surface area (Å²) in [5, 5.41) is 3.60. The van der Waals surface area contributed by atoms with Crippen LogP contribution in [0, 0.1) is 6.92 Å². The lowest BCUT2D eigenvalue weighted by molar-refractivity contribution is -0.139. The molecule has 2 aromatic rings. The van der Waals surface area contributed by atoms with Crippen molar-refractivity contribution < 1.29 is 17.7 Å². The van der Waals surface area contributed by atoms with Crippen LogP contribution in [0.15, 0.2) is 27.6 Å².